The minimum Gasteiger partial charge on any atom is -0.383 e. The molecule has 0 aliphatic rings. The highest BCUT2D eigenvalue weighted by Crippen LogP contribution is 2.35. The summed E-state index contributed by atoms with van der Waals surface area (Å²) in [5.41, 5.74) is 0.762. The number of unbranched alkanes of at least 4 members (excludes halogenated alkanes) is 1. The van der Waals surface area contributed by atoms with Crippen molar-refractivity contribution in [2.24, 2.45) is 0 Å². The Kier molecular flexibility index (Phi) is 5.11. The topological polar surface area (TPSA) is 55.2 Å². The van der Waals surface area contributed by atoms with Crippen LogP contribution in [0.1, 0.15) is 19.8 Å². The Balaban J connectivity index is 2.93. The molecule has 1 rings (SSSR count). The SMILES string of the molecule is CCCCSc1cccc(NC)c1[N+](=O)[O-]. The molecule has 0 amide bonds. The summed E-state index contributed by atoms with van der Waals surface area (Å²) in [6.45, 7) is 2.11. The third kappa shape index (κ3) is 3.13. The van der Waals surface area contributed by atoms with Gasteiger partial charge in [-0.2, -0.15) is 0 Å². The van der Waals surface area contributed by atoms with Crippen molar-refractivity contribution in [3.63, 3.8) is 0 Å². The fourth-order valence-corrected chi connectivity index (χ4v) is 2.50. The smallest absolute Gasteiger partial charge is 0.305 e. The van der Waals surface area contributed by atoms with Gasteiger partial charge in [0, 0.05) is 7.05 Å². The van der Waals surface area contributed by atoms with Gasteiger partial charge in [-0.1, -0.05) is 19.4 Å². The number of benzene rings is 1. The van der Waals surface area contributed by atoms with Crippen LogP contribution in [0.25, 0.3) is 0 Å². The summed E-state index contributed by atoms with van der Waals surface area (Å²) in [6, 6.07) is 5.37. The lowest BCUT2D eigenvalue weighted by atomic mass is 10.3. The summed E-state index contributed by atoms with van der Waals surface area (Å²) < 4.78 is 0. The first-order chi connectivity index (χ1) is 7.70. The highest BCUT2D eigenvalue weighted by molar-refractivity contribution is 7.99. The molecule has 88 valence electrons. The quantitative estimate of drug-likeness (QED) is 0.358. The molecule has 0 saturated heterocycles. The van der Waals surface area contributed by atoms with E-state index in [4.69, 9.17) is 0 Å². The Labute approximate surface area is 99.6 Å². The van der Waals surface area contributed by atoms with Crippen molar-refractivity contribution in [2.45, 2.75) is 24.7 Å². The minimum atomic E-state index is -0.319. The van der Waals surface area contributed by atoms with Gasteiger partial charge in [-0.15, -0.1) is 11.8 Å². The van der Waals surface area contributed by atoms with Gasteiger partial charge in [0.15, 0.2) is 0 Å². The van der Waals surface area contributed by atoms with E-state index in [1.807, 2.05) is 6.07 Å². The number of para-hydroxylation sites is 1. The number of rotatable bonds is 6. The number of nitro benzene ring substituents is 1. The van der Waals surface area contributed by atoms with E-state index in [2.05, 4.69) is 12.2 Å². The molecule has 0 aliphatic carbocycles. The lowest BCUT2D eigenvalue weighted by Crippen LogP contribution is -1.98. The zero-order valence-corrected chi connectivity index (χ0v) is 10.3. The number of nitrogens with zero attached hydrogens (tertiary/aromatic N) is 1. The van der Waals surface area contributed by atoms with E-state index in [1.165, 1.54) is 0 Å². The average Bonchev–Trinajstić information content (AvgIpc) is 2.28. The number of nitro groups is 1. The fraction of sp³-hybridized carbons (Fsp3) is 0.455. The maximum absolute atomic E-state index is 11.0. The summed E-state index contributed by atoms with van der Waals surface area (Å²) >= 11 is 1.55. The average molecular weight is 240 g/mol. The maximum atomic E-state index is 11.0. The summed E-state index contributed by atoms with van der Waals surface area (Å²) in [7, 11) is 1.70. The summed E-state index contributed by atoms with van der Waals surface area (Å²) in [5.74, 6) is 0.921. The largest absolute Gasteiger partial charge is 0.383 e. The standard InChI is InChI=1S/C11H16N2O2S/c1-3-4-8-16-10-7-5-6-9(12-2)11(10)13(14)15/h5-7,12H,3-4,8H2,1-2H3. The van der Waals surface area contributed by atoms with Crippen LogP contribution in [0.4, 0.5) is 11.4 Å². The number of hydrogen-bond donors (Lipinski definition) is 1. The second kappa shape index (κ2) is 6.37. The second-order valence-electron chi connectivity index (χ2n) is 3.36. The van der Waals surface area contributed by atoms with Gasteiger partial charge < -0.3 is 5.32 Å². The van der Waals surface area contributed by atoms with E-state index >= 15 is 0 Å². The zero-order valence-electron chi connectivity index (χ0n) is 9.53. The maximum Gasteiger partial charge on any atom is 0.305 e. The molecular formula is C11H16N2O2S. The molecule has 0 bridgehead atoms. The van der Waals surface area contributed by atoms with Gasteiger partial charge >= 0.3 is 5.69 Å². The zero-order chi connectivity index (χ0) is 12.0. The van der Waals surface area contributed by atoms with Crippen LogP contribution >= 0.6 is 11.8 Å². The Morgan fingerprint density at radius 1 is 1.50 bits per heavy atom. The number of anilines is 1. The van der Waals surface area contributed by atoms with Crippen LogP contribution in [-0.4, -0.2) is 17.7 Å². The van der Waals surface area contributed by atoms with Crippen molar-refractivity contribution >= 4 is 23.1 Å². The van der Waals surface area contributed by atoms with E-state index in [0.29, 0.717) is 5.69 Å². The second-order valence-corrected chi connectivity index (χ2v) is 4.50. The Bertz CT molecular complexity index is 369. The normalized spacial score (nSPS) is 10.1. The molecule has 5 heteroatoms. The first-order valence-electron chi connectivity index (χ1n) is 5.28. The molecule has 0 saturated carbocycles. The third-order valence-corrected chi connectivity index (χ3v) is 3.34. The van der Waals surface area contributed by atoms with Crippen LogP contribution in [0.3, 0.4) is 0 Å². The fourth-order valence-electron chi connectivity index (χ4n) is 1.36. The molecule has 0 unspecified atom stereocenters. The van der Waals surface area contributed by atoms with Gasteiger partial charge in [-0.25, -0.2) is 0 Å². The Morgan fingerprint density at radius 3 is 2.81 bits per heavy atom. The van der Waals surface area contributed by atoms with Gasteiger partial charge in [0.1, 0.15) is 5.69 Å². The highest BCUT2D eigenvalue weighted by atomic mass is 32.2. The third-order valence-electron chi connectivity index (χ3n) is 2.21. The van der Waals surface area contributed by atoms with Crippen molar-refractivity contribution in [1.29, 1.82) is 0 Å². The first-order valence-corrected chi connectivity index (χ1v) is 6.27. The summed E-state index contributed by atoms with van der Waals surface area (Å²) in [4.78, 5) is 11.4. The first kappa shape index (κ1) is 12.8. The van der Waals surface area contributed by atoms with Crippen LogP contribution in [0, 0.1) is 10.1 Å². The summed E-state index contributed by atoms with van der Waals surface area (Å²) in [6.07, 6.45) is 2.18. The van der Waals surface area contributed by atoms with Crippen LogP contribution in [0.2, 0.25) is 0 Å². The molecule has 0 fully saturated rings. The van der Waals surface area contributed by atoms with Crippen molar-refractivity contribution in [1.82, 2.24) is 0 Å². The van der Waals surface area contributed by atoms with Crippen LogP contribution in [0.5, 0.6) is 0 Å². The molecule has 1 N–H and O–H groups in total. The van der Waals surface area contributed by atoms with Crippen LogP contribution < -0.4 is 5.32 Å². The Hall–Kier alpha value is -1.23. The molecule has 0 radical (unpaired) electrons. The predicted octanol–water partition coefficient (Wildman–Crippen LogP) is 3.53. The monoisotopic (exact) mass is 240 g/mol. The van der Waals surface area contributed by atoms with E-state index < -0.39 is 0 Å². The number of hydrogen-bond acceptors (Lipinski definition) is 4. The van der Waals surface area contributed by atoms with Crippen molar-refractivity contribution in [2.75, 3.05) is 18.1 Å². The number of nitrogens with one attached hydrogen (secondary N) is 1. The predicted molar refractivity (Wildman–Crippen MR) is 68.3 cm³/mol. The van der Waals surface area contributed by atoms with Gasteiger partial charge in [-0.3, -0.25) is 10.1 Å². The van der Waals surface area contributed by atoms with E-state index in [1.54, 1.807) is 30.9 Å². The molecule has 1 aromatic carbocycles. The van der Waals surface area contributed by atoms with Gasteiger partial charge in [0.25, 0.3) is 0 Å². The van der Waals surface area contributed by atoms with Crippen LogP contribution in [-0.2, 0) is 0 Å². The van der Waals surface area contributed by atoms with E-state index in [-0.39, 0.29) is 10.6 Å². The minimum absolute atomic E-state index is 0.186. The lowest BCUT2D eigenvalue weighted by Gasteiger charge is -2.06. The molecule has 0 atom stereocenters. The summed E-state index contributed by atoms with van der Waals surface area (Å²) in [5, 5.41) is 13.8. The molecule has 0 spiro atoms. The molecule has 1 aromatic rings. The van der Waals surface area contributed by atoms with Crippen LogP contribution in [0.15, 0.2) is 23.1 Å². The van der Waals surface area contributed by atoms with Crippen molar-refractivity contribution in [3.8, 4) is 0 Å². The molecule has 0 aliphatic heterocycles. The molecule has 16 heavy (non-hydrogen) atoms. The molecule has 0 heterocycles. The van der Waals surface area contributed by atoms with Gasteiger partial charge in [0.2, 0.25) is 0 Å². The molecule has 4 nitrogen and oxygen atoms in total. The molecule has 0 aromatic heterocycles. The van der Waals surface area contributed by atoms with Crippen molar-refractivity contribution < 1.29 is 4.92 Å². The van der Waals surface area contributed by atoms with E-state index in [0.717, 1.165) is 23.5 Å². The van der Waals surface area contributed by atoms with Gasteiger partial charge in [-0.05, 0) is 24.3 Å². The Morgan fingerprint density at radius 2 is 2.25 bits per heavy atom. The van der Waals surface area contributed by atoms with E-state index in [9.17, 15) is 10.1 Å². The number of thioether (sulfide) groups is 1. The van der Waals surface area contributed by atoms with Crippen molar-refractivity contribution in [3.05, 3.63) is 28.3 Å². The molecular weight excluding hydrogens is 224 g/mol. The highest BCUT2D eigenvalue weighted by Gasteiger charge is 2.18. The lowest BCUT2D eigenvalue weighted by molar-refractivity contribution is -0.386. The van der Waals surface area contributed by atoms with Gasteiger partial charge in [0.05, 0.1) is 9.82 Å².